The Morgan fingerprint density at radius 3 is 1.45 bits per heavy atom. The second kappa shape index (κ2) is 9.13. The molecule has 0 saturated heterocycles. The molecule has 0 heterocycles. The normalized spacial score (nSPS) is 10.9. The average Bonchev–Trinajstić information content (AvgIpc) is 2.69. The minimum atomic E-state index is 0.190. The Balaban J connectivity index is 1.90. The third kappa shape index (κ3) is 5.60. The van der Waals surface area contributed by atoms with Crippen LogP contribution in [0, 0.1) is 0 Å². The largest absolute Gasteiger partial charge is 0.431 e. The molecule has 0 spiro atoms. The lowest BCUT2D eigenvalue weighted by Crippen LogP contribution is -2.40. The molecule has 0 amide bonds. The van der Waals surface area contributed by atoms with Gasteiger partial charge < -0.3 is 9.47 Å². The number of anilines is 1. The van der Waals surface area contributed by atoms with Crippen molar-refractivity contribution in [1.29, 1.82) is 0 Å². The van der Waals surface area contributed by atoms with Crippen molar-refractivity contribution in [3.63, 3.8) is 0 Å². The van der Waals surface area contributed by atoms with Crippen LogP contribution in [0.5, 0.6) is 11.5 Å². The van der Waals surface area contributed by atoms with Crippen molar-refractivity contribution in [3.8, 4) is 11.5 Å². The van der Waals surface area contributed by atoms with E-state index in [0.29, 0.717) is 16.0 Å². The molecule has 0 bridgehead atoms. The van der Waals surface area contributed by atoms with Gasteiger partial charge in [-0.05, 0) is 60.8 Å². The lowest BCUT2D eigenvalue weighted by Gasteiger charge is -2.27. The van der Waals surface area contributed by atoms with Gasteiger partial charge in [-0.3, -0.25) is 4.48 Å². The fourth-order valence-electron chi connectivity index (χ4n) is 2.60. The van der Waals surface area contributed by atoms with E-state index in [0.717, 1.165) is 11.4 Å². The molecule has 0 N–H and O–H groups in total. The summed E-state index contributed by atoms with van der Waals surface area (Å²) in [6, 6.07) is 26.7. The van der Waals surface area contributed by atoms with Gasteiger partial charge in [0, 0.05) is 12.1 Å². The number of thiocarbonyl (C=S) groups is 2. The van der Waals surface area contributed by atoms with Crippen LogP contribution < -0.4 is 18.9 Å². The summed E-state index contributed by atoms with van der Waals surface area (Å²) >= 11 is 11.1. The van der Waals surface area contributed by atoms with Gasteiger partial charge in [-0.25, -0.2) is 4.90 Å². The van der Waals surface area contributed by atoms with Crippen molar-refractivity contribution in [2.75, 3.05) is 26.0 Å². The quantitative estimate of drug-likeness (QED) is 0.412. The van der Waals surface area contributed by atoms with Crippen LogP contribution in [-0.2, 0) is 0 Å². The van der Waals surface area contributed by atoms with Crippen LogP contribution in [0.15, 0.2) is 84.9 Å². The summed E-state index contributed by atoms with van der Waals surface area (Å²) in [5.74, 6) is 1.26. The minimum absolute atomic E-state index is 0.190. The molecule has 0 radical (unpaired) electrons. The highest BCUT2D eigenvalue weighted by molar-refractivity contribution is 7.82. The molecule has 0 aliphatic heterocycles. The number of hydrogen-bond donors (Lipinski definition) is 0. The zero-order valence-electron chi connectivity index (χ0n) is 16.6. The lowest BCUT2D eigenvalue weighted by molar-refractivity contribution is 0.486. The van der Waals surface area contributed by atoms with Gasteiger partial charge in [0.25, 0.3) is 10.3 Å². The first-order valence-corrected chi connectivity index (χ1v) is 9.92. The van der Waals surface area contributed by atoms with Crippen LogP contribution in [0.2, 0.25) is 0 Å². The Labute approximate surface area is 182 Å². The second-order valence-corrected chi connectivity index (χ2v) is 7.92. The standard InChI is InChI=1S/C23H23N2O2S2/c1-25(2,3)19-16-14-18(15-17-19)24(22(28)26-20-10-6-4-7-11-20)23(29)27-21-12-8-5-9-13-21/h4-17H,1-3H3/q+1. The number of hydrogen-bond acceptors (Lipinski definition) is 4. The Hall–Kier alpha value is -2.80. The van der Waals surface area contributed by atoms with Crippen LogP contribution in [0.3, 0.4) is 0 Å². The molecule has 0 aliphatic carbocycles. The van der Waals surface area contributed by atoms with Crippen LogP contribution in [0.25, 0.3) is 0 Å². The first kappa shape index (κ1) is 20.9. The number of benzene rings is 3. The summed E-state index contributed by atoms with van der Waals surface area (Å²) < 4.78 is 12.5. The topological polar surface area (TPSA) is 21.7 Å². The highest BCUT2D eigenvalue weighted by atomic mass is 32.1. The summed E-state index contributed by atoms with van der Waals surface area (Å²) in [6.45, 7) is 0. The number of quaternary nitrogens is 1. The van der Waals surface area contributed by atoms with Crippen molar-refractivity contribution >= 4 is 46.2 Å². The fourth-order valence-corrected chi connectivity index (χ4v) is 3.23. The van der Waals surface area contributed by atoms with Crippen LogP contribution >= 0.6 is 24.4 Å². The second-order valence-electron chi connectivity index (χ2n) is 7.23. The fraction of sp³-hybridized carbons (Fsp3) is 0.130. The smallest absolute Gasteiger partial charge is 0.277 e. The number of nitrogens with zero attached hydrogens (tertiary/aromatic N) is 2. The summed E-state index contributed by atoms with van der Waals surface area (Å²) in [4.78, 5) is 1.62. The van der Waals surface area contributed by atoms with Crippen molar-refractivity contribution in [1.82, 2.24) is 4.48 Å². The third-order valence-electron chi connectivity index (χ3n) is 4.14. The van der Waals surface area contributed by atoms with Gasteiger partial charge in [-0.15, -0.1) is 0 Å². The van der Waals surface area contributed by atoms with E-state index in [1.54, 1.807) is 4.90 Å². The van der Waals surface area contributed by atoms with Crippen molar-refractivity contribution < 1.29 is 9.47 Å². The molecule has 4 nitrogen and oxygen atoms in total. The van der Waals surface area contributed by atoms with E-state index in [1.165, 1.54) is 0 Å². The van der Waals surface area contributed by atoms with Crippen molar-refractivity contribution in [3.05, 3.63) is 84.9 Å². The van der Waals surface area contributed by atoms with Crippen molar-refractivity contribution in [2.24, 2.45) is 0 Å². The summed E-state index contributed by atoms with van der Waals surface area (Å²) in [5.41, 5.74) is 1.92. The van der Waals surface area contributed by atoms with Gasteiger partial charge in [0.2, 0.25) is 0 Å². The summed E-state index contributed by atoms with van der Waals surface area (Å²) in [6.07, 6.45) is 0. The molecular formula is C23H23N2O2S2+. The van der Waals surface area contributed by atoms with E-state index < -0.39 is 0 Å². The molecule has 29 heavy (non-hydrogen) atoms. The minimum Gasteiger partial charge on any atom is -0.431 e. The molecule has 0 atom stereocenters. The van der Waals surface area contributed by atoms with E-state index in [2.05, 4.69) is 21.1 Å². The molecular weight excluding hydrogens is 400 g/mol. The molecule has 3 rings (SSSR count). The molecule has 0 aromatic heterocycles. The van der Waals surface area contributed by atoms with Crippen molar-refractivity contribution in [2.45, 2.75) is 0 Å². The molecule has 0 unspecified atom stereocenters. The predicted molar refractivity (Wildman–Crippen MR) is 128 cm³/mol. The van der Waals surface area contributed by atoms with E-state index in [4.69, 9.17) is 33.9 Å². The molecule has 6 heteroatoms. The Morgan fingerprint density at radius 1 is 0.655 bits per heavy atom. The Bertz CT molecular complexity index is 916. The highest BCUT2D eigenvalue weighted by Gasteiger charge is 2.22. The molecule has 3 aromatic rings. The first-order valence-electron chi connectivity index (χ1n) is 9.10. The first-order chi connectivity index (χ1) is 13.8. The Kier molecular flexibility index (Phi) is 6.59. The maximum atomic E-state index is 5.87. The van der Waals surface area contributed by atoms with Crippen LogP contribution in [0.1, 0.15) is 0 Å². The summed E-state index contributed by atoms with van der Waals surface area (Å²) in [7, 11) is 6.33. The van der Waals surface area contributed by atoms with Crippen LogP contribution in [-0.4, -0.2) is 31.5 Å². The average molecular weight is 424 g/mol. The highest BCUT2D eigenvalue weighted by Crippen LogP contribution is 2.25. The van der Waals surface area contributed by atoms with Gasteiger partial charge in [0.15, 0.2) is 0 Å². The number of ether oxygens (including phenoxy) is 2. The monoisotopic (exact) mass is 423 g/mol. The maximum absolute atomic E-state index is 5.87. The summed E-state index contributed by atoms with van der Waals surface area (Å²) in [5, 5.41) is 0.380. The van der Waals surface area contributed by atoms with Gasteiger partial charge in [-0.1, -0.05) is 36.4 Å². The lowest BCUT2D eigenvalue weighted by atomic mass is 10.2. The Morgan fingerprint density at radius 2 is 1.07 bits per heavy atom. The molecule has 0 saturated carbocycles. The SMILES string of the molecule is C[N+](C)(C)c1ccc(N(C(=S)Oc2ccccc2)C(=S)Oc2ccccc2)cc1. The zero-order valence-corrected chi connectivity index (χ0v) is 18.2. The zero-order chi connectivity index (χ0) is 20.9. The molecule has 148 valence electrons. The van der Waals surface area contributed by atoms with Crippen LogP contribution in [0.4, 0.5) is 11.4 Å². The number of para-hydroxylation sites is 2. The third-order valence-corrected chi connectivity index (χ3v) is 4.68. The van der Waals surface area contributed by atoms with Gasteiger partial charge >= 0.3 is 0 Å². The predicted octanol–water partition coefficient (Wildman–Crippen LogP) is 5.42. The maximum Gasteiger partial charge on any atom is 0.277 e. The van der Waals surface area contributed by atoms with E-state index >= 15 is 0 Å². The van der Waals surface area contributed by atoms with E-state index in [1.807, 2.05) is 84.9 Å². The van der Waals surface area contributed by atoms with Gasteiger partial charge in [-0.2, -0.15) is 0 Å². The molecule has 3 aromatic carbocycles. The van der Waals surface area contributed by atoms with E-state index in [9.17, 15) is 0 Å². The number of rotatable bonds is 4. The van der Waals surface area contributed by atoms with Gasteiger partial charge in [0.1, 0.15) is 17.2 Å². The molecule has 0 fully saturated rings. The van der Waals surface area contributed by atoms with Gasteiger partial charge in [0.05, 0.1) is 26.8 Å². The van der Waals surface area contributed by atoms with E-state index in [-0.39, 0.29) is 10.3 Å². The molecule has 0 aliphatic rings.